The summed E-state index contributed by atoms with van der Waals surface area (Å²) in [5, 5.41) is 49.9. The van der Waals surface area contributed by atoms with Crippen molar-refractivity contribution in [2.75, 3.05) is 36.8 Å². The molecule has 304 valence electrons. The molecule has 0 radical (unpaired) electrons. The Balaban J connectivity index is 1.17. The zero-order chi connectivity index (χ0) is 41.4. The van der Waals surface area contributed by atoms with Gasteiger partial charge in [0.2, 0.25) is 11.8 Å². The Hall–Kier alpha value is -5.92. The van der Waals surface area contributed by atoms with Crippen LogP contribution in [0.15, 0.2) is 49.3 Å². The summed E-state index contributed by atoms with van der Waals surface area (Å²) < 4.78 is 2.09. The second-order valence-electron chi connectivity index (χ2n) is 15.9. The molecule has 0 aliphatic carbocycles. The molecule has 0 saturated carbocycles. The van der Waals surface area contributed by atoms with Crippen LogP contribution in [0, 0.1) is 28.6 Å². The zero-order valence-electron chi connectivity index (χ0n) is 32.8. The molecule has 2 aliphatic heterocycles. The zero-order valence-corrected chi connectivity index (χ0v) is 34.5. The molecule has 2 fully saturated rings. The van der Waals surface area contributed by atoms with Gasteiger partial charge in [0.1, 0.15) is 34.2 Å². The van der Waals surface area contributed by atoms with Gasteiger partial charge in [0, 0.05) is 86.2 Å². The molecule has 0 aromatic carbocycles. The number of pyridine rings is 2. The summed E-state index contributed by atoms with van der Waals surface area (Å²) >= 11 is 2.77. The van der Waals surface area contributed by atoms with E-state index < -0.39 is 5.60 Å². The van der Waals surface area contributed by atoms with Gasteiger partial charge < -0.3 is 40.2 Å². The minimum absolute atomic E-state index is 0.120. The van der Waals surface area contributed by atoms with Gasteiger partial charge in [0.25, 0.3) is 0 Å². The lowest BCUT2D eigenvalue weighted by molar-refractivity contribution is -0.132. The number of aromatic amines is 1. The summed E-state index contributed by atoms with van der Waals surface area (Å²) in [7, 11) is 0. The maximum atomic E-state index is 13.5. The molecule has 0 bridgehead atoms. The number of piperidine rings is 2. The third-order valence-corrected chi connectivity index (χ3v) is 13.3. The third kappa shape index (κ3) is 8.09. The van der Waals surface area contributed by atoms with E-state index in [2.05, 4.69) is 42.1 Å². The highest BCUT2D eigenvalue weighted by Gasteiger charge is 2.34. The number of likely N-dealkylation sites (tertiary alicyclic amines) is 2. The maximum Gasteiger partial charge on any atom is 0.236 e. The monoisotopic (exact) mass is 832 g/mol. The predicted octanol–water partition coefficient (Wildman–Crippen LogP) is 5.61. The number of nitrogens with one attached hydrogen (secondary N) is 3. The van der Waals surface area contributed by atoms with Crippen LogP contribution >= 0.6 is 22.7 Å². The van der Waals surface area contributed by atoms with Crippen LogP contribution in [0.3, 0.4) is 0 Å². The topological polar surface area (TPSA) is 225 Å². The molecule has 59 heavy (non-hydrogen) atoms. The van der Waals surface area contributed by atoms with Crippen molar-refractivity contribution < 1.29 is 19.8 Å². The Kier molecular flexibility index (Phi) is 11.1. The van der Waals surface area contributed by atoms with Crippen LogP contribution in [0.25, 0.3) is 43.2 Å². The first-order valence-electron chi connectivity index (χ1n) is 19.5. The van der Waals surface area contributed by atoms with Gasteiger partial charge in [-0.2, -0.15) is 10.5 Å². The summed E-state index contributed by atoms with van der Waals surface area (Å²) in [5.74, 6) is -0.256. The number of anilines is 2. The van der Waals surface area contributed by atoms with Gasteiger partial charge >= 0.3 is 0 Å². The minimum Gasteiger partial charge on any atom is -0.391 e. The van der Waals surface area contributed by atoms with Crippen LogP contribution in [0.1, 0.15) is 62.3 Å². The Labute approximate surface area is 348 Å². The van der Waals surface area contributed by atoms with Crippen molar-refractivity contribution in [2.45, 2.75) is 76.8 Å². The number of H-pyrrole nitrogens is 1. The van der Waals surface area contributed by atoms with Crippen LogP contribution in [0.5, 0.6) is 0 Å². The number of thiazole rings is 2. The number of rotatable bonds is 11. The predicted molar refractivity (Wildman–Crippen MR) is 225 cm³/mol. The SMILES string of the molecule is C[C@H]1C[C@@H](Nc2c(-c3ncc(CO)s3)cnc3c2ccn3[C@H]2C[C@@H](Nc3c(-c4ncc(C(C)(C)O)s4)cnc4[nH]ccc34)CN(C(=O)CC#N)C2)CN(C(=O)CC#N)C1. The number of nitriles is 2. The molecule has 16 nitrogen and oxygen atoms in total. The van der Waals surface area contributed by atoms with Crippen molar-refractivity contribution in [3.8, 4) is 33.3 Å². The number of carbonyl (C=O) groups is 2. The van der Waals surface area contributed by atoms with E-state index in [0.717, 1.165) is 39.7 Å². The van der Waals surface area contributed by atoms with E-state index in [1.54, 1.807) is 48.4 Å². The quantitative estimate of drug-likeness (QED) is 0.107. The van der Waals surface area contributed by atoms with Gasteiger partial charge in [-0.25, -0.2) is 19.9 Å². The fourth-order valence-corrected chi connectivity index (χ4v) is 9.96. The van der Waals surface area contributed by atoms with Crippen molar-refractivity contribution in [2.24, 2.45) is 5.92 Å². The average molecular weight is 833 g/mol. The molecule has 0 spiro atoms. The second kappa shape index (κ2) is 16.4. The summed E-state index contributed by atoms with van der Waals surface area (Å²) in [4.78, 5) is 53.4. The molecule has 2 amide bonds. The largest absolute Gasteiger partial charge is 0.391 e. The molecular weight excluding hydrogens is 789 g/mol. The number of aromatic nitrogens is 6. The molecule has 6 aromatic rings. The molecule has 5 N–H and O–H groups in total. The number of hydrogen-bond acceptors (Lipinski definition) is 14. The van der Waals surface area contributed by atoms with Crippen LogP contribution in [0.4, 0.5) is 11.4 Å². The first kappa shape index (κ1) is 39.9. The van der Waals surface area contributed by atoms with Gasteiger partial charge in [-0.1, -0.05) is 6.92 Å². The van der Waals surface area contributed by atoms with Gasteiger partial charge in [-0.15, -0.1) is 22.7 Å². The molecule has 8 rings (SSSR count). The molecule has 6 aromatic heterocycles. The normalized spacial score (nSPS) is 19.8. The highest BCUT2D eigenvalue weighted by molar-refractivity contribution is 7.15. The number of carbonyl (C=O) groups excluding carboxylic acids is 2. The van der Waals surface area contributed by atoms with Crippen molar-refractivity contribution in [1.29, 1.82) is 10.5 Å². The lowest BCUT2D eigenvalue weighted by Gasteiger charge is -2.39. The van der Waals surface area contributed by atoms with Crippen molar-refractivity contribution in [3.63, 3.8) is 0 Å². The number of fused-ring (bicyclic) bond motifs is 2. The molecule has 2 aliphatic rings. The highest BCUT2D eigenvalue weighted by Crippen LogP contribution is 2.41. The van der Waals surface area contributed by atoms with E-state index in [1.807, 2.05) is 36.7 Å². The Bertz CT molecular complexity index is 2610. The number of nitrogens with zero attached hydrogens (tertiary/aromatic N) is 9. The van der Waals surface area contributed by atoms with Crippen molar-refractivity contribution in [1.82, 2.24) is 39.3 Å². The van der Waals surface area contributed by atoms with Gasteiger partial charge in [0.15, 0.2) is 0 Å². The summed E-state index contributed by atoms with van der Waals surface area (Å²) in [6.07, 6.45) is 11.7. The Morgan fingerprint density at radius 3 is 2.17 bits per heavy atom. The maximum absolute atomic E-state index is 13.5. The van der Waals surface area contributed by atoms with Crippen molar-refractivity contribution in [3.05, 3.63) is 59.1 Å². The summed E-state index contributed by atoms with van der Waals surface area (Å²) in [5.41, 5.74) is 3.44. The summed E-state index contributed by atoms with van der Waals surface area (Å²) in [6.45, 7) is 7.16. The van der Waals surface area contributed by atoms with Gasteiger partial charge in [-0.05, 0) is 44.7 Å². The molecule has 4 atom stereocenters. The highest BCUT2D eigenvalue weighted by atomic mass is 32.1. The standard InChI is InChI=1S/C41H44N12O4S2/c1-23-12-24(19-51(18-23)33(55)4-8-42)49-36-29-7-11-53(38(29)46-16-31(36)39-47-14-27(22-54)58-39)26-13-25(20-52(21-26)34(56)5-9-43)50-35-28-6-10-44-37(28)45-15-30(35)40-48-17-32(59-40)41(2,3)57/h6-7,10-11,14-17,23-26,54,57H,4-5,12-13,18-22H2,1-3H3,(H,46,49)(H2,44,45,50)/t23-,24+,25+,26-/m0/s1. The fourth-order valence-electron chi connectivity index (χ4n) is 8.24. The number of hydrogen-bond donors (Lipinski definition) is 5. The van der Waals surface area contributed by atoms with E-state index in [9.17, 15) is 30.3 Å². The smallest absolute Gasteiger partial charge is 0.236 e. The average Bonchev–Trinajstić information content (AvgIpc) is 4.05. The van der Waals surface area contributed by atoms with Crippen LogP contribution in [-0.4, -0.2) is 99.6 Å². The fraction of sp³-hybridized carbons (Fsp3) is 0.415. The number of amides is 2. The van der Waals surface area contributed by atoms with E-state index in [1.165, 1.54) is 22.7 Å². The van der Waals surface area contributed by atoms with E-state index in [0.29, 0.717) is 63.7 Å². The molecular formula is C41H44N12O4S2. The lowest BCUT2D eigenvalue weighted by atomic mass is 9.95. The van der Waals surface area contributed by atoms with Crippen LogP contribution in [0.2, 0.25) is 0 Å². The first-order valence-corrected chi connectivity index (χ1v) is 21.1. The molecule has 8 heterocycles. The van der Waals surface area contributed by atoms with E-state index >= 15 is 0 Å². The minimum atomic E-state index is -1.06. The van der Waals surface area contributed by atoms with Gasteiger partial charge in [0.05, 0.1) is 62.6 Å². The van der Waals surface area contributed by atoms with E-state index in [4.69, 9.17) is 4.98 Å². The summed E-state index contributed by atoms with van der Waals surface area (Å²) in [6, 6.07) is 7.35. The molecule has 2 saturated heterocycles. The Morgan fingerprint density at radius 2 is 1.51 bits per heavy atom. The molecule has 18 heteroatoms. The number of aliphatic hydroxyl groups is 2. The van der Waals surface area contributed by atoms with E-state index in [-0.39, 0.29) is 55.3 Å². The first-order chi connectivity index (χ1) is 28.4. The third-order valence-electron chi connectivity index (χ3n) is 11.0. The van der Waals surface area contributed by atoms with Crippen LogP contribution in [-0.2, 0) is 21.8 Å². The van der Waals surface area contributed by atoms with Crippen molar-refractivity contribution >= 4 is 67.9 Å². The second-order valence-corrected chi connectivity index (χ2v) is 18.0. The van der Waals surface area contributed by atoms with Crippen LogP contribution < -0.4 is 10.6 Å². The lowest BCUT2D eigenvalue weighted by Crippen LogP contribution is -2.49. The Morgan fingerprint density at radius 1 is 0.864 bits per heavy atom. The molecule has 0 unspecified atom stereocenters. The van der Waals surface area contributed by atoms with Gasteiger partial charge in [-0.3, -0.25) is 9.59 Å². The number of aliphatic hydroxyl groups excluding tert-OH is 1.